The number of alkyl halides is 2. The van der Waals surface area contributed by atoms with Gasteiger partial charge in [0.1, 0.15) is 5.69 Å². The van der Waals surface area contributed by atoms with Crippen molar-refractivity contribution in [2.45, 2.75) is 6.43 Å². The maximum atomic E-state index is 12.5. The molecule has 0 saturated heterocycles. The van der Waals surface area contributed by atoms with Gasteiger partial charge in [0.25, 0.3) is 11.7 Å². The predicted octanol–water partition coefficient (Wildman–Crippen LogP) is 3.06. The Balaban J connectivity index is 3.37. The maximum Gasteiger partial charge on any atom is 0.271 e. The van der Waals surface area contributed by atoms with Crippen LogP contribution < -0.4 is 4.74 Å². The molecular weight excluding hydrogens is 251 g/mol. The van der Waals surface area contributed by atoms with E-state index in [1.54, 1.807) is 0 Å². The number of pyridine rings is 1. The second-order valence-electron chi connectivity index (χ2n) is 2.49. The third-order valence-electron chi connectivity index (χ3n) is 1.59. The number of carbonyl (C=O) groups is 1. The molecule has 0 aliphatic carbocycles. The lowest BCUT2D eigenvalue weighted by atomic mass is 10.2. The van der Waals surface area contributed by atoms with Gasteiger partial charge in [0, 0.05) is 0 Å². The highest BCUT2D eigenvalue weighted by molar-refractivity contribution is 6.67. The van der Waals surface area contributed by atoms with Gasteiger partial charge in [-0.25, -0.2) is 13.8 Å². The number of hydrogen-bond acceptors (Lipinski definition) is 3. The number of halogens is 4. The summed E-state index contributed by atoms with van der Waals surface area (Å²) in [4.78, 5) is 14.3. The van der Waals surface area contributed by atoms with Gasteiger partial charge in [-0.3, -0.25) is 4.79 Å². The first-order valence-electron chi connectivity index (χ1n) is 3.69. The first kappa shape index (κ1) is 12.1. The molecule has 15 heavy (non-hydrogen) atoms. The molecule has 3 nitrogen and oxygen atoms in total. The molecule has 0 aliphatic rings. The van der Waals surface area contributed by atoms with Crippen LogP contribution in [0, 0.1) is 0 Å². The van der Waals surface area contributed by atoms with E-state index in [4.69, 9.17) is 23.2 Å². The summed E-state index contributed by atoms with van der Waals surface area (Å²) in [6, 6.07) is 0.973. The number of carbonyl (C=O) groups excluding carboxylic acids is 1. The zero-order valence-corrected chi connectivity index (χ0v) is 8.94. The van der Waals surface area contributed by atoms with Gasteiger partial charge in [-0.15, -0.1) is 0 Å². The molecule has 82 valence electrons. The summed E-state index contributed by atoms with van der Waals surface area (Å²) < 4.78 is 29.6. The summed E-state index contributed by atoms with van der Waals surface area (Å²) in [7, 11) is 1.15. The average Bonchev–Trinajstić information content (AvgIpc) is 2.15. The molecule has 7 heteroatoms. The molecular formula is C8H5Cl2F2NO2. The van der Waals surface area contributed by atoms with Gasteiger partial charge in [-0.05, 0) is 17.7 Å². The smallest absolute Gasteiger partial charge is 0.271 e. The summed E-state index contributed by atoms with van der Waals surface area (Å²) in [6.07, 6.45) is -2.83. The Morgan fingerprint density at radius 2 is 2.20 bits per heavy atom. The van der Waals surface area contributed by atoms with Gasteiger partial charge >= 0.3 is 0 Å². The van der Waals surface area contributed by atoms with Gasteiger partial charge < -0.3 is 4.74 Å². The Bertz CT molecular complexity index is 398. The first-order valence-corrected chi connectivity index (χ1v) is 4.45. The lowest BCUT2D eigenvalue weighted by molar-refractivity contribution is 0.107. The van der Waals surface area contributed by atoms with Gasteiger partial charge in [-0.1, -0.05) is 11.6 Å². The van der Waals surface area contributed by atoms with Crippen molar-refractivity contribution >= 4 is 28.4 Å². The molecule has 0 fully saturated rings. The number of ether oxygens (including phenoxy) is 1. The number of rotatable bonds is 3. The van der Waals surface area contributed by atoms with Crippen molar-refractivity contribution in [3.05, 3.63) is 22.3 Å². The van der Waals surface area contributed by atoms with Crippen LogP contribution in [0.2, 0.25) is 5.02 Å². The third-order valence-corrected chi connectivity index (χ3v) is 2.09. The molecule has 1 rings (SSSR count). The van der Waals surface area contributed by atoms with Crippen LogP contribution in [0.25, 0.3) is 0 Å². The van der Waals surface area contributed by atoms with Crippen LogP contribution in [0.5, 0.6) is 5.88 Å². The molecule has 1 aromatic rings. The number of hydrogen-bond donors (Lipinski definition) is 0. The van der Waals surface area contributed by atoms with Gasteiger partial charge in [0.05, 0.1) is 17.7 Å². The van der Waals surface area contributed by atoms with Crippen LogP contribution in [0.3, 0.4) is 0 Å². The fourth-order valence-corrected chi connectivity index (χ4v) is 1.32. The lowest BCUT2D eigenvalue weighted by Gasteiger charge is -2.09. The Hall–Kier alpha value is -0.940. The Labute approximate surface area is 94.0 Å². The number of nitrogens with zero attached hydrogens (tertiary/aromatic N) is 1. The van der Waals surface area contributed by atoms with E-state index < -0.39 is 23.1 Å². The minimum Gasteiger partial charge on any atom is -0.481 e. The second-order valence-corrected chi connectivity index (χ2v) is 3.24. The highest BCUT2D eigenvalue weighted by atomic mass is 35.5. The summed E-state index contributed by atoms with van der Waals surface area (Å²) in [6.45, 7) is 0. The van der Waals surface area contributed by atoms with Crippen LogP contribution in [-0.4, -0.2) is 17.3 Å². The number of methoxy groups -OCH3 is 1. The van der Waals surface area contributed by atoms with E-state index in [1.807, 2.05) is 0 Å². The second kappa shape index (κ2) is 4.72. The standard InChI is InChI=1S/C8H5Cl2F2NO2/c1-15-8-5(7(11)12)3(9)2-4(13-8)6(10)14/h2,7H,1H3. The summed E-state index contributed by atoms with van der Waals surface area (Å²) in [5.74, 6) is -0.401. The fourth-order valence-electron chi connectivity index (χ4n) is 0.956. The third kappa shape index (κ3) is 2.54. The van der Waals surface area contributed by atoms with Gasteiger partial charge in [-0.2, -0.15) is 0 Å². The van der Waals surface area contributed by atoms with E-state index in [0.29, 0.717) is 0 Å². The van der Waals surface area contributed by atoms with Crippen molar-refractivity contribution < 1.29 is 18.3 Å². The lowest BCUT2D eigenvalue weighted by Crippen LogP contribution is -2.02. The van der Waals surface area contributed by atoms with Crippen molar-refractivity contribution in [3.8, 4) is 5.88 Å². The largest absolute Gasteiger partial charge is 0.481 e. The van der Waals surface area contributed by atoms with Crippen LogP contribution in [0.4, 0.5) is 8.78 Å². The van der Waals surface area contributed by atoms with Crippen LogP contribution >= 0.6 is 23.2 Å². The van der Waals surface area contributed by atoms with Gasteiger partial charge in [0.15, 0.2) is 0 Å². The van der Waals surface area contributed by atoms with Crippen LogP contribution in [0.15, 0.2) is 6.07 Å². The molecule has 0 radical (unpaired) electrons. The fraction of sp³-hybridized carbons (Fsp3) is 0.250. The van der Waals surface area contributed by atoms with Crippen LogP contribution in [0.1, 0.15) is 22.5 Å². The van der Waals surface area contributed by atoms with Crippen molar-refractivity contribution in [2.24, 2.45) is 0 Å². The average molecular weight is 256 g/mol. The van der Waals surface area contributed by atoms with Crippen molar-refractivity contribution in [1.29, 1.82) is 0 Å². The van der Waals surface area contributed by atoms with E-state index in [1.165, 1.54) is 0 Å². The van der Waals surface area contributed by atoms with Crippen molar-refractivity contribution in [3.63, 3.8) is 0 Å². The predicted molar refractivity (Wildman–Crippen MR) is 50.9 cm³/mol. The molecule has 0 amide bonds. The van der Waals surface area contributed by atoms with Crippen molar-refractivity contribution in [2.75, 3.05) is 7.11 Å². The number of aromatic nitrogens is 1. The van der Waals surface area contributed by atoms with E-state index >= 15 is 0 Å². The Morgan fingerprint density at radius 3 is 2.60 bits per heavy atom. The molecule has 1 aromatic heterocycles. The van der Waals surface area contributed by atoms with Crippen LogP contribution in [-0.2, 0) is 0 Å². The quantitative estimate of drug-likeness (QED) is 0.780. The van der Waals surface area contributed by atoms with E-state index in [0.717, 1.165) is 13.2 Å². The summed E-state index contributed by atoms with van der Waals surface area (Å²) >= 11 is 10.7. The molecule has 1 heterocycles. The zero-order valence-electron chi connectivity index (χ0n) is 7.43. The molecule has 0 aromatic carbocycles. The Kier molecular flexibility index (Phi) is 3.82. The Morgan fingerprint density at radius 1 is 1.60 bits per heavy atom. The SMILES string of the molecule is COc1nc(C(=O)Cl)cc(Cl)c1C(F)F. The van der Waals surface area contributed by atoms with Gasteiger partial charge in [0.2, 0.25) is 5.88 Å². The highest BCUT2D eigenvalue weighted by Crippen LogP contribution is 2.34. The van der Waals surface area contributed by atoms with E-state index in [9.17, 15) is 13.6 Å². The zero-order chi connectivity index (χ0) is 11.6. The monoisotopic (exact) mass is 255 g/mol. The normalized spacial score (nSPS) is 10.5. The van der Waals surface area contributed by atoms with Crippen molar-refractivity contribution in [1.82, 2.24) is 4.98 Å². The topological polar surface area (TPSA) is 39.2 Å². The minimum atomic E-state index is -2.83. The molecule has 0 aliphatic heterocycles. The molecule has 0 unspecified atom stereocenters. The molecule has 0 spiro atoms. The molecule has 0 atom stereocenters. The minimum absolute atomic E-state index is 0.233. The molecule has 0 saturated carbocycles. The van der Waals surface area contributed by atoms with E-state index in [-0.39, 0.29) is 10.7 Å². The highest BCUT2D eigenvalue weighted by Gasteiger charge is 2.22. The van der Waals surface area contributed by atoms with E-state index in [2.05, 4.69) is 9.72 Å². The molecule has 0 N–H and O–H groups in total. The first-order chi connectivity index (χ1) is 6.97. The summed E-state index contributed by atoms with van der Waals surface area (Å²) in [5, 5.41) is -1.20. The maximum absolute atomic E-state index is 12.5. The molecule has 0 bridgehead atoms. The summed E-state index contributed by atoms with van der Waals surface area (Å²) in [5.41, 5.74) is -0.788.